The number of rotatable bonds is 8. The molecule has 0 aromatic heterocycles. The fourth-order valence-corrected chi connectivity index (χ4v) is 2.81. The van der Waals surface area contributed by atoms with Crippen molar-refractivity contribution in [3.8, 4) is 0 Å². The zero-order valence-corrected chi connectivity index (χ0v) is 13.0. The van der Waals surface area contributed by atoms with Crippen molar-refractivity contribution in [2.45, 2.75) is 31.9 Å². The molecule has 20 heavy (non-hydrogen) atoms. The van der Waals surface area contributed by atoms with E-state index in [2.05, 4.69) is 19.2 Å². The number of thiol groups is 1. The summed E-state index contributed by atoms with van der Waals surface area (Å²) in [5.74, 6) is 1.87. The largest absolute Gasteiger partial charge is 0.416 e. The SMILES string of the molecule is C=C(SCCCCCCS)c1ccc(C(F)(F)F)cc1. The lowest BCUT2D eigenvalue weighted by atomic mass is 10.1. The average Bonchev–Trinajstić information content (AvgIpc) is 2.41. The Labute approximate surface area is 128 Å². The minimum absolute atomic E-state index is 0.620. The second kappa shape index (κ2) is 8.67. The fraction of sp³-hybridized carbons (Fsp3) is 0.467. The quantitative estimate of drug-likeness (QED) is 0.459. The van der Waals surface area contributed by atoms with E-state index in [4.69, 9.17) is 0 Å². The first kappa shape index (κ1) is 17.5. The van der Waals surface area contributed by atoms with Crippen molar-refractivity contribution < 1.29 is 13.2 Å². The Morgan fingerprint density at radius 2 is 1.65 bits per heavy atom. The first-order valence-corrected chi connectivity index (χ1v) is 8.17. The third-order valence-corrected chi connectivity index (χ3v) is 4.26. The van der Waals surface area contributed by atoms with Gasteiger partial charge in [-0.05, 0) is 42.0 Å². The molecular formula is C15H19F3S2. The molecule has 0 aliphatic heterocycles. The topological polar surface area (TPSA) is 0 Å². The summed E-state index contributed by atoms with van der Waals surface area (Å²) < 4.78 is 37.3. The van der Waals surface area contributed by atoms with Gasteiger partial charge in [0.05, 0.1) is 5.56 Å². The van der Waals surface area contributed by atoms with Crippen LogP contribution in [0, 0.1) is 0 Å². The van der Waals surface area contributed by atoms with Gasteiger partial charge in [-0.2, -0.15) is 25.8 Å². The Bertz CT molecular complexity index is 410. The predicted octanol–water partition coefficient (Wildman–Crippen LogP) is 5.90. The zero-order valence-electron chi connectivity index (χ0n) is 11.2. The molecule has 0 saturated heterocycles. The molecule has 0 fully saturated rings. The van der Waals surface area contributed by atoms with Gasteiger partial charge in [-0.1, -0.05) is 31.6 Å². The van der Waals surface area contributed by atoms with Gasteiger partial charge in [-0.3, -0.25) is 0 Å². The molecule has 0 N–H and O–H groups in total. The van der Waals surface area contributed by atoms with E-state index in [1.54, 1.807) is 11.8 Å². The second-order valence-corrected chi connectivity index (χ2v) is 6.12. The fourth-order valence-electron chi connectivity index (χ4n) is 1.69. The summed E-state index contributed by atoms with van der Waals surface area (Å²) in [7, 11) is 0. The zero-order chi connectivity index (χ0) is 15.0. The van der Waals surface area contributed by atoms with Gasteiger partial charge in [0.2, 0.25) is 0 Å². The van der Waals surface area contributed by atoms with E-state index in [1.807, 2.05) is 0 Å². The first-order valence-electron chi connectivity index (χ1n) is 6.55. The molecule has 0 unspecified atom stereocenters. The molecule has 1 aromatic carbocycles. The molecule has 1 aromatic rings. The summed E-state index contributed by atoms with van der Waals surface area (Å²) in [5.41, 5.74) is 0.143. The summed E-state index contributed by atoms with van der Waals surface area (Å²) in [6, 6.07) is 5.18. The molecule has 0 heterocycles. The lowest BCUT2D eigenvalue weighted by molar-refractivity contribution is -0.137. The number of thioether (sulfide) groups is 1. The van der Waals surface area contributed by atoms with Crippen LogP contribution >= 0.6 is 24.4 Å². The number of unbranched alkanes of at least 4 members (excludes halogenated alkanes) is 3. The molecule has 0 bridgehead atoms. The Morgan fingerprint density at radius 1 is 1.05 bits per heavy atom. The summed E-state index contributed by atoms with van der Waals surface area (Å²) in [5, 5.41) is 0. The monoisotopic (exact) mass is 320 g/mol. The summed E-state index contributed by atoms with van der Waals surface area (Å²) >= 11 is 5.76. The van der Waals surface area contributed by atoms with E-state index in [9.17, 15) is 13.2 Å². The minimum atomic E-state index is -4.28. The number of alkyl halides is 3. The van der Waals surface area contributed by atoms with Crippen LogP contribution in [0.2, 0.25) is 0 Å². The van der Waals surface area contributed by atoms with Crippen molar-refractivity contribution in [2.75, 3.05) is 11.5 Å². The van der Waals surface area contributed by atoms with Gasteiger partial charge in [0.1, 0.15) is 0 Å². The standard InChI is InChI=1S/C15H19F3S2/c1-12(20-11-5-3-2-4-10-19)13-6-8-14(9-7-13)15(16,17)18/h6-9,19H,1-5,10-11H2. The number of hydrogen-bond acceptors (Lipinski definition) is 2. The van der Waals surface area contributed by atoms with Gasteiger partial charge >= 0.3 is 6.18 Å². The first-order chi connectivity index (χ1) is 9.45. The molecule has 0 aliphatic carbocycles. The highest BCUT2D eigenvalue weighted by atomic mass is 32.2. The maximum atomic E-state index is 12.4. The van der Waals surface area contributed by atoms with Crippen LogP contribution in [0.4, 0.5) is 13.2 Å². The van der Waals surface area contributed by atoms with Gasteiger partial charge in [-0.15, -0.1) is 11.8 Å². The highest BCUT2D eigenvalue weighted by molar-refractivity contribution is 8.08. The van der Waals surface area contributed by atoms with Crippen LogP contribution in [-0.2, 0) is 6.18 Å². The lowest BCUT2D eigenvalue weighted by Gasteiger charge is -2.09. The Morgan fingerprint density at radius 3 is 2.20 bits per heavy atom. The van der Waals surface area contributed by atoms with Crippen LogP contribution < -0.4 is 0 Å². The second-order valence-electron chi connectivity index (χ2n) is 4.48. The number of halogens is 3. The van der Waals surface area contributed by atoms with Crippen LogP contribution in [0.5, 0.6) is 0 Å². The highest BCUT2D eigenvalue weighted by Gasteiger charge is 2.29. The van der Waals surface area contributed by atoms with Gasteiger partial charge in [0.15, 0.2) is 0 Å². The Kier molecular flexibility index (Phi) is 7.59. The van der Waals surface area contributed by atoms with Crippen molar-refractivity contribution in [3.05, 3.63) is 42.0 Å². The van der Waals surface area contributed by atoms with Gasteiger partial charge in [0.25, 0.3) is 0 Å². The van der Waals surface area contributed by atoms with Crippen molar-refractivity contribution in [1.82, 2.24) is 0 Å². The normalized spacial score (nSPS) is 11.6. The van der Waals surface area contributed by atoms with Crippen molar-refractivity contribution in [2.24, 2.45) is 0 Å². The molecule has 0 saturated carbocycles. The van der Waals surface area contributed by atoms with Crippen molar-refractivity contribution >= 4 is 29.3 Å². The van der Waals surface area contributed by atoms with E-state index in [0.717, 1.165) is 53.4 Å². The predicted molar refractivity (Wildman–Crippen MR) is 85.3 cm³/mol. The van der Waals surface area contributed by atoms with Gasteiger partial charge < -0.3 is 0 Å². The van der Waals surface area contributed by atoms with Crippen LogP contribution in [0.3, 0.4) is 0 Å². The third kappa shape index (κ3) is 6.27. The summed E-state index contributed by atoms with van der Waals surface area (Å²) in [6.45, 7) is 3.92. The molecule has 0 radical (unpaired) electrons. The smallest absolute Gasteiger partial charge is 0.179 e. The Hall–Kier alpha value is -0.550. The molecule has 112 valence electrons. The van der Waals surface area contributed by atoms with E-state index < -0.39 is 11.7 Å². The van der Waals surface area contributed by atoms with Gasteiger partial charge in [-0.25, -0.2) is 0 Å². The number of benzene rings is 1. The summed E-state index contributed by atoms with van der Waals surface area (Å²) in [4.78, 5) is 0.827. The van der Waals surface area contributed by atoms with E-state index in [0.29, 0.717) is 0 Å². The molecule has 0 atom stereocenters. The molecule has 0 amide bonds. The molecule has 5 heteroatoms. The van der Waals surface area contributed by atoms with Crippen LogP contribution in [0.1, 0.15) is 36.8 Å². The Balaban J connectivity index is 2.37. The van der Waals surface area contributed by atoms with Crippen molar-refractivity contribution in [1.29, 1.82) is 0 Å². The van der Waals surface area contributed by atoms with E-state index in [1.165, 1.54) is 18.6 Å². The highest BCUT2D eigenvalue weighted by Crippen LogP contribution is 2.32. The van der Waals surface area contributed by atoms with Crippen molar-refractivity contribution in [3.63, 3.8) is 0 Å². The molecular weight excluding hydrogens is 301 g/mol. The third-order valence-electron chi connectivity index (χ3n) is 2.86. The maximum absolute atomic E-state index is 12.4. The van der Waals surface area contributed by atoms with E-state index >= 15 is 0 Å². The van der Waals surface area contributed by atoms with E-state index in [-0.39, 0.29) is 0 Å². The van der Waals surface area contributed by atoms with Crippen LogP contribution in [0.15, 0.2) is 30.8 Å². The summed E-state index contributed by atoms with van der Waals surface area (Å²) in [6.07, 6.45) is 0.288. The molecule has 0 aliphatic rings. The molecule has 1 rings (SSSR count). The van der Waals surface area contributed by atoms with Crippen LogP contribution in [-0.4, -0.2) is 11.5 Å². The van der Waals surface area contributed by atoms with Gasteiger partial charge in [0, 0.05) is 4.91 Å². The maximum Gasteiger partial charge on any atom is 0.416 e. The molecule has 0 nitrogen and oxygen atoms in total. The lowest BCUT2D eigenvalue weighted by Crippen LogP contribution is -2.04. The molecule has 0 spiro atoms. The van der Waals surface area contributed by atoms with Crippen LogP contribution in [0.25, 0.3) is 4.91 Å². The average molecular weight is 320 g/mol. The minimum Gasteiger partial charge on any atom is -0.179 e. The number of hydrogen-bond donors (Lipinski definition) is 1.